The summed E-state index contributed by atoms with van der Waals surface area (Å²) in [6.45, 7) is -0.135. The van der Waals surface area contributed by atoms with Crippen LogP contribution in [-0.2, 0) is 0 Å². The van der Waals surface area contributed by atoms with Gasteiger partial charge in [-0.15, -0.1) is 0 Å². The minimum atomic E-state index is -0.135. The molecule has 4 aliphatic rings. The van der Waals surface area contributed by atoms with Crippen molar-refractivity contribution in [2.24, 2.45) is 0 Å². The normalized spacial score (nSPS) is 13.8. The quantitative estimate of drug-likeness (QED) is 0.181. The lowest BCUT2D eigenvalue weighted by molar-refractivity contribution is 0.360. The molecule has 4 aliphatic heterocycles. The molecule has 11 rings (SSSR count). The summed E-state index contributed by atoms with van der Waals surface area (Å²) in [6, 6.07) is 52.9. The molecule has 0 spiro atoms. The predicted octanol–water partition coefficient (Wildman–Crippen LogP) is 10.1. The monoisotopic (exact) mass is 616 g/mol. The first-order valence-electron chi connectivity index (χ1n) is 16.2. The van der Waals surface area contributed by atoms with Crippen LogP contribution in [0, 0.1) is 0 Å². The van der Waals surface area contributed by atoms with Crippen LogP contribution in [0.5, 0.6) is 34.5 Å². The molecule has 0 aliphatic carbocycles. The van der Waals surface area contributed by atoms with E-state index in [1.165, 1.54) is 16.5 Å². The van der Waals surface area contributed by atoms with Gasteiger partial charge < -0.3 is 23.9 Å². The van der Waals surface area contributed by atoms with E-state index in [4.69, 9.17) is 14.2 Å². The highest BCUT2D eigenvalue weighted by atomic mass is 16.6. The van der Waals surface area contributed by atoms with Crippen LogP contribution in [0.4, 0.5) is 28.4 Å². The summed E-state index contributed by atoms with van der Waals surface area (Å²) in [5, 5.41) is 0. The van der Waals surface area contributed by atoms with Crippen LogP contribution < -0.4 is 34.8 Å². The number of anilines is 5. The molecule has 5 nitrogen and oxygen atoms in total. The van der Waals surface area contributed by atoms with Gasteiger partial charge in [0.25, 0.3) is 0 Å². The van der Waals surface area contributed by atoms with Gasteiger partial charge in [-0.3, -0.25) is 0 Å². The van der Waals surface area contributed by atoms with E-state index in [1.54, 1.807) is 0 Å². The van der Waals surface area contributed by atoms with Crippen LogP contribution in [0.3, 0.4) is 0 Å². The van der Waals surface area contributed by atoms with Crippen molar-refractivity contribution in [2.75, 3.05) is 9.71 Å². The summed E-state index contributed by atoms with van der Waals surface area (Å²) in [5.74, 6) is 4.51. The fourth-order valence-corrected chi connectivity index (χ4v) is 7.85. The fraction of sp³-hybridized carbons (Fsp3) is 0. The molecule has 0 radical (unpaired) electrons. The average Bonchev–Trinajstić information content (AvgIpc) is 3.15. The third-order valence-electron chi connectivity index (χ3n) is 9.85. The Morgan fingerprint density at radius 3 is 1.85 bits per heavy atom. The molecule has 0 aromatic heterocycles. The Morgan fingerprint density at radius 1 is 0.417 bits per heavy atom. The summed E-state index contributed by atoms with van der Waals surface area (Å²) >= 11 is 0. The van der Waals surface area contributed by atoms with Gasteiger partial charge in [0.05, 0.1) is 11.4 Å². The van der Waals surface area contributed by atoms with Crippen molar-refractivity contribution in [3.05, 3.63) is 152 Å². The highest BCUT2D eigenvalue weighted by Crippen LogP contribution is 2.56. The zero-order valence-corrected chi connectivity index (χ0v) is 25.6. The Morgan fingerprint density at radius 2 is 1.06 bits per heavy atom. The molecule has 48 heavy (non-hydrogen) atoms. The summed E-state index contributed by atoms with van der Waals surface area (Å²) in [4.78, 5) is 4.87. The van der Waals surface area contributed by atoms with Gasteiger partial charge >= 0.3 is 6.85 Å². The number of benzene rings is 7. The SMILES string of the molecule is c1ccc(-c2cc3c4c(c2)N2c5ccccc5Oc5cccc(c52)B4N(c2ccccc2)c2cc4c(cc2-3)Oc2ccccc2O4)cc1. The predicted molar refractivity (Wildman–Crippen MR) is 192 cm³/mol. The molecule has 0 bridgehead atoms. The van der Waals surface area contributed by atoms with Crippen molar-refractivity contribution in [1.29, 1.82) is 0 Å². The van der Waals surface area contributed by atoms with E-state index < -0.39 is 0 Å². The first-order valence-corrected chi connectivity index (χ1v) is 16.2. The zero-order chi connectivity index (χ0) is 31.3. The number of ether oxygens (including phenoxy) is 3. The maximum absolute atomic E-state index is 6.62. The Bertz CT molecular complexity index is 2470. The molecule has 0 N–H and O–H groups in total. The Balaban J connectivity index is 1.26. The fourth-order valence-electron chi connectivity index (χ4n) is 7.85. The molecule has 4 heterocycles. The van der Waals surface area contributed by atoms with Crippen molar-refractivity contribution in [2.45, 2.75) is 0 Å². The van der Waals surface area contributed by atoms with Gasteiger partial charge in [-0.05, 0) is 88.3 Å². The van der Waals surface area contributed by atoms with Crippen molar-refractivity contribution in [3.8, 4) is 56.8 Å². The summed E-state index contributed by atoms with van der Waals surface area (Å²) in [6.07, 6.45) is 0. The first-order chi connectivity index (χ1) is 23.8. The number of nitrogens with zero attached hydrogens (tertiary/aromatic N) is 2. The van der Waals surface area contributed by atoms with E-state index >= 15 is 0 Å². The van der Waals surface area contributed by atoms with Gasteiger partial charge in [-0.2, -0.15) is 0 Å². The minimum absolute atomic E-state index is 0.135. The molecule has 0 saturated carbocycles. The van der Waals surface area contributed by atoms with Gasteiger partial charge in [0.2, 0.25) is 0 Å². The lowest BCUT2D eigenvalue weighted by Crippen LogP contribution is -2.61. The molecule has 7 aromatic carbocycles. The lowest BCUT2D eigenvalue weighted by atomic mass is 9.43. The number of hydrogen-bond acceptors (Lipinski definition) is 5. The van der Waals surface area contributed by atoms with E-state index in [0.717, 1.165) is 56.6 Å². The van der Waals surface area contributed by atoms with Crippen molar-refractivity contribution < 1.29 is 14.2 Å². The molecule has 7 aromatic rings. The number of para-hydroxylation sites is 6. The van der Waals surface area contributed by atoms with Crippen LogP contribution >= 0.6 is 0 Å². The molecule has 6 heteroatoms. The molecule has 0 saturated heterocycles. The van der Waals surface area contributed by atoms with Gasteiger partial charge in [0.1, 0.15) is 0 Å². The van der Waals surface area contributed by atoms with Crippen LogP contribution in [0.2, 0.25) is 0 Å². The van der Waals surface area contributed by atoms with Crippen LogP contribution in [0.15, 0.2) is 152 Å². The third kappa shape index (κ3) is 3.51. The van der Waals surface area contributed by atoms with Crippen molar-refractivity contribution in [1.82, 2.24) is 0 Å². The van der Waals surface area contributed by atoms with E-state index in [2.05, 4.69) is 131 Å². The Labute approximate surface area is 277 Å². The molecular formula is C42H25BN2O3. The second-order valence-electron chi connectivity index (χ2n) is 12.5. The summed E-state index contributed by atoms with van der Waals surface area (Å²) in [5.41, 5.74) is 12.4. The molecule has 0 atom stereocenters. The maximum atomic E-state index is 6.62. The van der Waals surface area contributed by atoms with E-state index in [1.807, 2.05) is 30.3 Å². The molecule has 224 valence electrons. The van der Waals surface area contributed by atoms with E-state index in [-0.39, 0.29) is 6.85 Å². The second-order valence-corrected chi connectivity index (χ2v) is 12.5. The number of fused-ring (bicyclic) bond motifs is 8. The summed E-state index contributed by atoms with van der Waals surface area (Å²) < 4.78 is 19.6. The highest BCUT2D eigenvalue weighted by molar-refractivity contribution is 6.93. The van der Waals surface area contributed by atoms with Crippen LogP contribution in [-0.4, -0.2) is 6.85 Å². The summed E-state index contributed by atoms with van der Waals surface area (Å²) in [7, 11) is 0. The zero-order valence-electron chi connectivity index (χ0n) is 25.6. The molecule has 0 amide bonds. The highest BCUT2D eigenvalue weighted by Gasteiger charge is 2.48. The standard InChI is InChI=1S/C42H25BN2O3/c1-3-12-26(13-4-1)27-22-30-29-24-39-40(48-37-20-10-9-19-36(37)47-39)25-33(29)45(28-14-5-2-6-15-28)43-31-16-11-21-38-42(31)44(34(23-27)41(30)43)32-17-7-8-18-35(32)46-38/h1-25H. The average molecular weight is 616 g/mol. The van der Waals surface area contributed by atoms with Crippen LogP contribution in [0.25, 0.3) is 22.3 Å². The topological polar surface area (TPSA) is 34.2 Å². The Kier molecular flexibility index (Phi) is 5.13. The van der Waals surface area contributed by atoms with E-state index in [0.29, 0.717) is 23.0 Å². The van der Waals surface area contributed by atoms with Crippen LogP contribution in [0.1, 0.15) is 0 Å². The van der Waals surface area contributed by atoms with E-state index in [9.17, 15) is 0 Å². The molecule has 0 unspecified atom stereocenters. The van der Waals surface area contributed by atoms with Gasteiger partial charge in [-0.1, -0.05) is 84.9 Å². The maximum Gasteiger partial charge on any atom is 0.333 e. The van der Waals surface area contributed by atoms with Crippen molar-refractivity contribution in [3.63, 3.8) is 0 Å². The smallest absolute Gasteiger partial charge is 0.333 e. The molecule has 0 fully saturated rings. The number of rotatable bonds is 2. The van der Waals surface area contributed by atoms with Gasteiger partial charge in [-0.25, -0.2) is 0 Å². The van der Waals surface area contributed by atoms with Crippen molar-refractivity contribution >= 4 is 46.2 Å². The minimum Gasteiger partial charge on any atom is -0.453 e. The Hall–Kier alpha value is -6.40. The third-order valence-corrected chi connectivity index (χ3v) is 9.85. The molecular weight excluding hydrogens is 591 g/mol. The van der Waals surface area contributed by atoms with Gasteiger partial charge in [0, 0.05) is 28.7 Å². The largest absolute Gasteiger partial charge is 0.453 e. The number of hydrogen-bond donors (Lipinski definition) is 0. The second kappa shape index (κ2) is 9.56. The lowest BCUT2D eigenvalue weighted by Gasteiger charge is -2.47. The first kappa shape index (κ1) is 25.8. The van der Waals surface area contributed by atoms with Gasteiger partial charge in [0.15, 0.2) is 34.5 Å².